The van der Waals surface area contributed by atoms with E-state index in [-0.39, 0.29) is 12.5 Å². The van der Waals surface area contributed by atoms with Crippen molar-refractivity contribution >= 4 is 5.91 Å². The maximum absolute atomic E-state index is 12.7. The Morgan fingerprint density at radius 2 is 1.55 bits per heavy atom. The number of carbonyl (C=O) groups is 1. The van der Waals surface area contributed by atoms with Gasteiger partial charge in [-0.25, -0.2) is 0 Å². The smallest absolute Gasteiger partial charge is 0.260 e. The summed E-state index contributed by atoms with van der Waals surface area (Å²) in [6.45, 7) is 4.85. The molecule has 0 N–H and O–H groups in total. The highest BCUT2D eigenvalue weighted by Gasteiger charge is 2.30. The van der Waals surface area contributed by atoms with Gasteiger partial charge in [0.25, 0.3) is 5.91 Å². The summed E-state index contributed by atoms with van der Waals surface area (Å²) in [5.41, 5.74) is 1.13. The summed E-state index contributed by atoms with van der Waals surface area (Å²) >= 11 is 0. The number of amides is 1. The predicted molar refractivity (Wildman–Crippen MR) is 113 cm³/mol. The third kappa shape index (κ3) is 5.51. The van der Waals surface area contributed by atoms with Gasteiger partial charge in [0.1, 0.15) is 18.1 Å². The molecule has 0 aromatic heterocycles. The molecule has 0 spiro atoms. The van der Waals surface area contributed by atoms with Crippen LogP contribution in [0.1, 0.15) is 31.2 Å². The van der Waals surface area contributed by atoms with E-state index in [1.54, 1.807) is 0 Å². The molecule has 0 aliphatic carbocycles. The minimum absolute atomic E-state index is 0.0936. The normalized spacial score (nSPS) is 19.4. The van der Waals surface area contributed by atoms with Crippen LogP contribution < -0.4 is 9.47 Å². The van der Waals surface area contributed by atoms with Gasteiger partial charge in [-0.3, -0.25) is 4.79 Å². The molecule has 154 valence electrons. The monoisotopic (exact) mass is 394 g/mol. The molecule has 2 heterocycles. The summed E-state index contributed by atoms with van der Waals surface area (Å²) in [5.74, 6) is 1.58. The maximum atomic E-state index is 12.7. The zero-order valence-corrected chi connectivity index (χ0v) is 17.0. The zero-order chi connectivity index (χ0) is 19.9. The van der Waals surface area contributed by atoms with E-state index in [1.807, 2.05) is 59.5 Å². The molecule has 5 heteroatoms. The molecule has 4 rings (SSSR count). The first-order valence-corrected chi connectivity index (χ1v) is 10.7. The van der Waals surface area contributed by atoms with E-state index in [4.69, 9.17) is 9.47 Å². The van der Waals surface area contributed by atoms with Gasteiger partial charge in [0.2, 0.25) is 0 Å². The summed E-state index contributed by atoms with van der Waals surface area (Å²) in [7, 11) is 0. The molecule has 0 radical (unpaired) electrons. The summed E-state index contributed by atoms with van der Waals surface area (Å²) in [4.78, 5) is 17.2. The number of ether oxygens (including phenoxy) is 2. The Morgan fingerprint density at radius 3 is 2.28 bits per heavy atom. The fourth-order valence-electron chi connectivity index (χ4n) is 4.22. The number of likely N-dealkylation sites (tertiary alicyclic amines) is 2. The van der Waals surface area contributed by atoms with E-state index in [0.717, 1.165) is 37.2 Å². The number of benzene rings is 2. The van der Waals surface area contributed by atoms with E-state index < -0.39 is 0 Å². The van der Waals surface area contributed by atoms with Crippen molar-refractivity contribution in [3.63, 3.8) is 0 Å². The van der Waals surface area contributed by atoms with Gasteiger partial charge in [-0.1, -0.05) is 30.3 Å². The van der Waals surface area contributed by atoms with E-state index in [9.17, 15) is 4.79 Å². The summed E-state index contributed by atoms with van der Waals surface area (Å²) in [6, 6.07) is 17.9. The van der Waals surface area contributed by atoms with Crippen LogP contribution in [0.4, 0.5) is 0 Å². The van der Waals surface area contributed by atoms with Gasteiger partial charge in [-0.2, -0.15) is 0 Å². The molecule has 1 amide bonds. The highest BCUT2D eigenvalue weighted by molar-refractivity contribution is 5.78. The number of hydrogen-bond donors (Lipinski definition) is 0. The minimum atomic E-state index is 0.0936. The van der Waals surface area contributed by atoms with Crippen LogP contribution in [0.25, 0.3) is 0 Å². The molecule has 1 atom stereocenters. The van der Waals surface area contributed by atoms with Crippen molar-refractivity contribution in [2.75, 3.05) is 32.8 Å². The topological polar surface area (TPSA) is 42.0 Å². The van der Waals surface area contributed by atoms with Crippen LogP contribution in [0.2, 0.25) is 0 Å². The van der Waals surface area contributed by atoms with Gasteiger partial charge in [0.05, 0.1) is 0 Å². The largest absolute Gasteiger partial charge is 0.489 e. The summed E-state index contributed by atoms with van der Waals surface area (Å²) in [5, 5.41) is 0. The Balaban J connectivity index is 1.23. The van der Waals surface area contributed by atoms with Crippen molar-refractivity contribution < 1.29 is 14.3 Å². The molecule has 1 unspecified atom stereocenters. The lowest BCUT2D eigenvalue weighted by Crippen LogP contribution is -2.44. The van der Waals surface area contributed by atoms with Crippen LogP contribution in [0.3, 0.4) is 0 Å². The predicted octanol–water partition coefficient (Wildman–Crippen LogP) is 3.73. The maximum Gasteiger partial charge on any atom is 0.260 e. The van der Waals surface area contributed by atoms with E-state index >= 15 is 0 Å². The van der Waals surface area contributed by atoms with Crippen LogP contribution in [0.5, 0.6) is 11.5 Å². The van der Waals surface area contributed by atoms with Gasteiger partial charge in [-0.05, 0) is 68.6 Å². The number of carbonyl (C=O) groups excluding carboxylic acids is 1. The molecule has 2 saturated heterocycles. The van der Waals surface area contributed by atoms with E-state index in [0.29, 0.717) is 18.4 Å². The summed E-state index contributed by atoms with van der Waals surface area (Å²) < 4.78 is 11.6. The van der Waals surface area contributed by atoms with E-state index in [2.05, 4.69) is 4.90 Å². The Labute approximate surface area is 173 Å². The molecule has 2 aromatic carbocycles. The zero-order valence-electron chi connectivity index (χ0n) is 17.0. The van der Waals surface area contributed by atoms with Gasteiger partial charge in [0.15, 0.2) is 6.61 Å². The first kappa shape index (κ1) is 19.8. The van der Waals surface area contributed by atoms with Crippen LogP contribution in [0.15, 0.2) is 54.6 Å². The standard InChI is InChI=1S/C24H30N2O3/c27-24(26-16-6-9-21(26)17-25-14-4-5-15-25)19-29-23-12-10-22(11-13-23)28-18-20-7-2-1-3-8-20/h1-3,7-8,10-13,21H,4-6,9,14-19H2. The minimum Gasteiger partial charge on any atom is -0.489 e. The Bertz CT molecular complexity index is 772. The fourth-order valence-corrected chi connectivity index (χ4v) is 4.22. The molecular weight excluding hydrogens is 364 g/mol. The van der Waals surface area contributed by atoms with Crippen molar-refractivity contribution in [3.8, 4) is 11.5 Å². The van der Waals surface area contributed by atoms with Crippen molar-refractivity contribution in [1.82, 2.24) is 9.80 Å². The third-order valence-electron chi connectivity index (χ3n) is 5.80. The molecule has 2 aliphatic rings. The lowest BCUT2D eigenvalue weighted by atomic mass is 10.2. The molecular formula is C24H30N2O3. The highest BCUT2D eigenvalue weighted by atomic mass is 16.5. The second-order valence-corrected chi connectivity index (χ2v) is 7.93. The Hall–Kier alpha value is -2.53. The first-order valence-electron chi connectivity index (χ1n) is 10.7. The average Bonchev–Trinajstić information content (AvgIpc) is 3.45. The third-order valence-corrected chi connectivity index (χ3v) is 5.80. The number of rotatable bonds is 8. The quantitative estimate of drug-likeness (QED) is 0.684. The van der Waals surface area contributed by atoms with Crippen LogP contribution in [-0.4, -0.2) is 54.5 Å². The number of hydrogen-bond acceptors (Lipinski definition) is 4. The van der Waals surface area contributed by atoms with Gasteiger partial charge in [-0.15, -0.1) is 0 Å². The molecule has 0 bridgehead atoms. The van der Waals surface area contributed by atoms with Crippen molar-refractivity contribution in [2.24, 2.45) is 0 Å². The van der Waals surface area contributed by atoms with Crippen LogP contribution in [0, 0.1) is 0 Å². The van der Waals surface area contributed by atoms with Crippen molar-refractivity contribution in [2.45, 2.75) is 38.3 Å². The molecule has 0 saturated carbocycles. The second kappa shape index (κ2) is 9.79. The molecule has 2 aromatic rings. The molecule has 2 aliphatic heterocycles. The highest BCUT2D eigenvalue weighted by Crippen LogP contribution is 2.22. The summed E-state index contributed by atoms with van der Waals surface area (Å²) in [6.07, 6.45) is 4.77. The molecule has 29 heavy (non-hydrogen) atoms. The van der Waals surface area contributed by atoms with Crippen LogP contribution in [-0.2, 0) is 11.4 Å². The molecule has 5 nitrogen and oxygen atoms in total. The van der Waals surface area contributed by atoms with Crippen molar-refractivity contribution in [1.29, 1.82) is 0 Å². The average molecular weight is 395 g/mol. The second-order valence-electron chi connectivity index (χ2n) is 7.93. The van der Waals surface area contributed by atoms with Gasteiger partial charge in [0, 0.05) is 19.1 Å². The Morgan fingerprint density at radius 1 is 0.862 bits per heavy atom. The SMILES string of the molecule is O=C(COc1ccc(OCc2ccccc2)cc1)N1CCCC1CN1CCCC1. The first-order chi connectivity index (χ1) is 14.3. The lowest BCUT2D eigenvalue weighted by Gasteiger charge is -2.28. The van der Waals surface area contributed by atoms with E-state index in [1.165, 1.54) is 25.9 Å². The fraction of sp³-hybridized carbons (Fsp3) is 0.458. The number of nitrogens with zero attached hydrogens (tertiary/aromatic N) is 2. The van der Waals surface area contributed by atoms with Crippen molar-refractivity contribution in [3.05, 3.63) is 60.2 Å². The Kier molecular flexibility index (Phi) is 6.67. The lowest BCUT2D eigenvalue weighted by molar-refractivity contribution is -0.134. The molecule has 2 fully saturated rings. The van der Waals surface area contributed by atoms with Gasteiger partial charge < -0.3 is 19.3 Å². The van der Waals surface area contributed by atoms with Gasteiger partial charge >= 0.3 is 0 Å². The van der Waals surface area contributed by atoms with Crippen LogP contribution >= 0.6 is 0 Å².